The van der Waals surface area contributed by atoms with Gasteiger partial charge in [-0.1, -0.05) is 41.4 Å². The minimum Gasteiger partial charge on any atom is -0.362 e. The van der Waals surface area contributed by atoms with E-state index < -0.39 is 24.2 Å². The lowest BCUT2D eigenvalue weighted by Gasteiger charge is -2.32. The molecule has 4 nitrogen and oxygen atoms in total. The van der Waals surface area contributed by atoms with Crippen LogP contribution < -0.4 is 0 Å². The Morgan fingerprint density at radius 3 is 2.46 bits per heavy atom. The Hall–Kier alpha value is -2.38. The molecule has 8 heteroatoms. The number of rotatable bonds is 2. The highest BCUT2D eigenvalue weighted by Gasteiger charge is 2.63. The zero-order chi connectivity index (χ0) is 19.1. The first-order valence-electron chi connectivity index (χ1n) is 7.65. The van der Waals surface area contributed by atoms with Gasteiger partial charge in [0.25, 0.3) is 11.6 Å². The molecular weight excluding hydrogens is 369 g/mol. The molecule has 3 rings (SSSR count). The molecule has 1 atom stereocenters. The molecule has 1 aliphatic heterocycles. The number of hydrogen-bond acceptors (Lipinski definition) is 3. The fraction of sp³-hybridized carbons (Fsp3) is 0.222. The number of amides is 1. The van der Waals surface area contributed by atoms with Crippen LogP contribution in [0.15, 0.2) is 53.6 Å². The second kappa shape index (κ2) is 6.41. The smallest absolute Gasteiger partial charge is 0.362 e. The standard InChI is InChI=1S/C18H14ClF3N2O2/c1-11-3-2-4-13(9-11)16(25)24-17(26,18(20,21)22)10-15(23-24)12-5-7-14(19)8-6-12/h2-9,26H,10H2,1H3. The molecule has 1 unspecified atom stereocenters. The summed E-state index contributed by atoms with van der Waals surface area (Å²) < 4.78 is 40.7. The average Bonchev–Trinajstić information content (AvgIpc) is 2.94. The van der Waals surface area contributed by atoms with Crippen LogP contribution in [0, 0.1) is 6.92 Å². The van der Waals surface area contributed by atoms with Crippen molar-refractivity contribution in [1.82, 2.24) is 5.01 Å². The van der Waals surface area contributed by atoms with Crippen LogP contribution in [0.1, 0.15) is 27.9 Å². The van der Waals surface area contributed by atoms with Gasteiger partial charge in [0, 0.05) is 10.6 Å². The highest BCUT2D eigenvalue weighted by atomic mass is 35.5. The van der Waals surface area contributed by atoms with Crippen molar-refractivity contribution in [2.24, 2.45) is 5.10 Å². The van der Waals surface area contributed by atoms with Crippen LogP contribution in [0.5, 0.6) is 0 Å². The van der Waals surface area contributed by atoms with Crippen molar-refractivity contribution in [3.05, 3.63) is 70.2 Å². The number of hydrogen-bond donors (Lipinski definition) is 1. The molecule has 0 bridgehead atoms. The number of aryl methyl sites for hydroxylation is 1. The number of carbonyl (C=O) groups is 1. The molecule has 1 N–H and O–H groups in total. The third kappa shape index (κ3) is 3.20. The molecule has 136 valence electrons. The molecule has 1 amide bonds. The van der Waals surface area contributed by atoms with E-state index in [2.05, 4.69) is 5.10 Å². The summed E-state index contributed by atoms with van der Waals surface area (Å²) in [6.07, 6.45) is -5.94. The summed E-state index contributed by atoms with van der Waals surface area (Å²) >= 11 is 5.79. The Morgan fingerprint density at radius 2 is 1.88 bits per heavy atom. The minimum absolute atomic E-state index is 0.00813. The summed E-state index contributed by atoms with van der Waals surface area (Å²) in [6, 6.07) is 12.0. The van der Waals surface area contributed by atoms with Crippen LogP contribution in [-0.4, -0.2) is 33.6 Å². The predicted octanol–water partition coefficient (Wildman–Crippen LogP) is 4.15. The van der Waals surface area contributed by atoms with Gasteiger partial charge in [-0.25, -0.2) is 0 Å². The van der Waals surface area contributed by atoms with E-state index in [1.165, 1.54) is 36.4 Å². The fourth-order valence-corrected chi connectivity index (χ4v) is 2.81. The molecule has 0 spiro atoms. The van der Waals surface area contributed by atoms with Gasteiger partial charge in [0.2, 0.25) is 0 Å². The molecule has 2 aromatic carbocycles. The topological polar surface area (TPSA) is 52.9 Å². The van der Waals surface area contributed by atoms with Gasteiger partial charge in [0.05, 0.1) is 12.1 Å². The van der Waals surface area contributed by atoms with E-state index in [1.54, 1.807) is 19.1 Å². The van der Waals surface area contributed by atoms with Crippen molar-refractivity contribution in [3.8, 4) is 0 Å². The molecule has 0 aromatic heterocycles. The molecule has 1 aliphatic rings. The van der Waals surface area contributed by atoms with Gasteiger partial charge in [-0.15, -0.1) is 0 Å². The monoisotopic (exact) mass is 382 g/mol. The van der Waals surface area contributed by atoms with Gasteiger partial charge in [-0.05, 0) is 36.8 Å². The second-order valence-corrected chi connectivity index (χ2v) is 6.47. The maximum absolute atomic E-state index is 13.6. The van der Waals surface area contributed by atoms with E-state index in [9.17, 15) is 23.1 Å². The Kier molecular flexibility index (Phi) is 4.54. The predicted molar refractivity (Wildman–Crippen MR) is 91.0 cm³/mol. The number of hydrazone groups is 1. The summed E-state index contributed by atoms with van der Waals surface area (Å²) in [7, 11) is 0. The van der Waals surface area contributed by atoms with Crippen LogP contribution >= 0.6 is 11.6 Å². The summed E-state index contributed by atoms with van der Waals surface area (Å²) in [5, 5.41) is 14.6. The SMILES string of the molecule is Cc1cccc(C(=O)N2N=C(c3ccc(Cl)cc3)CC2(O)C(F)(F)F)c1. The van der Waals surface area contributed by atoms with Gasteiger partial charge >= 0.3 is 6.18 Å². The molecule has 1 heterocycles. The first kappa shape index (κ1) is 18.4. The lowest BCUT2D eigenvalue weighted by Crippen LogP contribution is -2.56. The maximum atomic E-state index is 13.6. The highest BCUT2D eigenvalue weighted by molar-refractivity contribution is 6.30. The van der Waals surface area contributed by atoms with Crippen molar-refractivity contribution in [2.45, 2.75) is 25.2 Å². The first-order valence-corrected chi connectivity index (χ1v) is 8.03. The molecule has 0 saturated heterocycles. The zero-order valence-corrected chi connectivity index (χ0v) is 14.3. The van der Waals surface area contributed by atoms with Crippen molar-refractivity contribution < 1.29 is 23.1 Å². The zero-order valence-electron chi connectivity index (χ0n) is 13.6. The van der Waals surface area contributed by atoms with Gasteiger partial charge in [-0.3, -0.25) is 4.79 Å². The fourth-order valence-electron chi connectivity index (χ4n) is 2.68. The molecular formula is C18H14ClF3N2O2. The number of carbonyl (C=O) groups excluding carboxylic acids is 1. The van der Waals surface area contributed by atoms with Gasteiger partial charge in [-0.2, -0.15) is 23.3 Å². The number of benzene rings is 2. The van der Waals surface area contributed by atoms with Gasteiger partial charge in [0.1, 0.15) is 0 Å². The molecule has 0 radical (unpaired) electrons. The Labute approximate surface area is 152 Å². The van der Waals surface area contributed by atoms with Crippen LogP contribution in [0.2, 0.25) is 5.02 Å². The van der Waals surface area contributed by atoms with E-state index in [1.807, 2.05) is 0 Å². The van der Waals surface area contributed by atoms with Crippen LogP contribution in [0.3, 0.4) is 0 Å². The number of alkyl halides is 3. The van der Waals surface area contributed by atoms with Crippen LogP contribution in [0.25, 0.3) is 0 Å². The summed E-state index contributed by atoms with van der Waals surface area (Å²) in [5.74, 6) is -1.03. The summed E-state index contributed by atoms with van der Waals surface area (Å²) in [4.78, 5) is 12.6. The van der Waals surface area contributed by atoms with E-state index in [0.29, 0.717) is 16.1 Å². The van der Waals surface area contributed by atoms with Crippen molar-refractivity contribution in [1.29, 1.82) is 0 Å². The Balaban J connectivity index is 2.05. The molecule has 26 heavy (non-hydrogen) atoms. The van der Waals surface area contributed by atoms with Crippen LogP contribution in [-0.2, 0) is 0 Å². The molecule has 0 fully saturated rings. The third-order valence-electron chi connectivity index (χ3n) is 4.07. The number of nitrogens with zero attached hydrogens (tertiary/aromatic N) is 2. The quantitative estimate of drug-likeness (QED) is 0.848. The average molecular weight is 383 g/mol. The normalized spacial score (nSPS) is 20.2. The maximum Gasteiger partial charge on any atom is 0.438 e. The second-order valence-electron chi connectivity index (χ2n) is 6.03. The first-order chi connectivity index (χ1) is 12.1. The molecule has 0 aliphatic carbocycles. The van der Waals surface area contributed by atoms with Crippen molar-refractivity contribution >= 4 is 23.2 Å². The third-order valence-corrected chi connectivity index (χ3v) is 4.33. The van der Waals surface area contributed by atoms with E-state index in [4.69, 9.17) is 11.6 Å². The van der Waals surface area contributed by atoms with Gasteiger partial charge in [0.15, 0.2) is 0 Å². The van der Waals surface area contributed by atoms with Crippen molar-refractivity contribution in [2.75, 3.05) is 0 Å². The lowest BCUT2D eigenvalue weighted by molar-refractivity contribution is -0.297. The lowest BCUT2D eigenvalue weighted by atomic mass is 10.0. The van der Waals surface area contributed by atoms with Crippen molar-refractivity contribution in [3.63, 3.8) is 0 Å². The Morgan fingerprint density at radius 1 is 1.23 bits per heavy atom. The van der Waals surface area contributed by atoms with Crippen LogP contribution in [0.4, 0.5) is 13.2 Å². The summed E-state index contributed by atoms with van der Waals surface area (Å²) in [5.41, 5.74) is -2.41. The number of aliphatic hydroxyl groups is 1. The van der Waals surface area contributed by atoms with E-state index >= 15 is 0 Å². The molecule has 2 aromatic rings. The summed E-state index contributed by atoms with van der Waals surface area (Å²) in [6.45, 7) is 1.71. The van der Waals surface area contributed by atoms with Gasteiger partial charge < -0.3 is 5.11 Å². The minimum atomic E-state index is -5.08. The van der Waals surface area contributed by atoms with E-state index in [0.717, 1.165) is 0 Å². The largest absolute Gasteiger partial charge is 0.438 e. The number of halogens is 4. The van der Waals surface area contributed by atoms with E-state index in [-0.39, 0.29) is 16.3 Å². The highest BCUT2D eigenvalue weighted by Crippen LogP contribution is 2.42. The molecule has 0 saturated carbocycles. The Bertz CT molecular complexity index is 881.